The van der Waals surface area contributed by atoms with Crippen LogP contribution in [0.3, 0.4) is 0 Å². The lowest BCUT2D eigenvalue weighted by molar-refractivity contribution is -0.147. The molecule has 0 spiro atoms. The van der Waals surface area contributed by atoms with Gasteiger partial charge in [-0.1, -0.05) is 57.2 Å². The molecule has 2 rings (SSSR count). The van der Waals surface area contributed by atoms with E-state index < -0.39 is 32.5 Å². The molecule has 0 bridgehead atoms. The van der Waals surface area contributed by atoms with Gasteiger partial charge < -0.3 is 18.6 Å². The fourth-order valence-electron chi connectivity index (χ4n) is 4.20. The molecule has 0 radical (unpaired) electrons. The predicted octanol–water partition coefficient (Wildman–Crippen LogP) is 5.56. The number of carbonyl (C=O) groups is 2. The molecule has 1 aliphatic rings. The summed E-state index contributed by atoms with van der Waals surface area (Å²) in [6, 6.07) is 9.34. The van der Waals surface area contributed by atoms with Crippen molar-refractivity contribution >= 4 is 20.3 Å². The maximum absolute atomic E-state index is 13.9. The maximum atomic E-state index is 13.9. The molecule has 0 aliphatic carbocycles. The number of ether oxygens (including phenoxy) is 3. The van der Waals surface area contributed by atoms with Crippen LogP contribution in [0.2, 0.25) is 18.1 Å². The molecule has 2 amide bonds. The summed E-state index contributed by atoms with van der Waals surface area (Å²) in [5.74, 6) is 1.69. The Labute approximate surface area is 223 Å². The topological polar surface area (TPSA) is 74.3 Å². The van der Waals surface area contributed by atoms with Crippen molar-refractivity contribution in [3.8, 4) is 12.3 Å². The highest BCUT2D eigenvalue weighted by molar-refractivity contribution is 6.74. The van der Waals surface area contributed by atoms with Gasteiger partial charge in [0.05, 0.1) is 24.2 Å². The summed E-state index contributed by atoms with van der Waals surface area (Å²) >= 11 is 0. The van der Waals surface area contributed by atoms with Crippen LogP contribution in [0.15, 0.2) is 43.0 Å². The zero-order valence-electron chi connectivity index (χ0n) is 23.2. The van der Waals surface area contributed by atoms with Crippen molar-refractivity contribution in [1.82, 2.24) is 4.90 Å². The second-order valence-corrected chi connectivity index (χ2v) is 15.8. The minimum atomic E-state index is -2.15. The van der Waals surface area contributed by atoms with E-state index in [1.54, 1.807) is 6.08 Å². The van der Waals surface area contributed by atoms with Gasteiger partial charge in [0.15, 0.2) is 8.32 Å². The predicted molar refractivity (Wildman–Crippen MR) is 147 cm³/mol. The van der Waals surface area contributed by atoms with E-state index in [0.29, 0.717) is 25.7 Å². The van der Waals surface area contributed by atoms with Gasteiger partial charge in [-0.15, -0.1) is 18.9 Å². The highest BCUT2D eigenvalue weighted by atomic mass is 28.4. The van der Waals surface area contributed by atoms with Crippen molar-refractivity contribution in [3.05, 3.63) is 48.6 Å². The Morgan fingerprint density at radius 3 is 2.57 bits per heavy atom. The molecular weight excluding hydrogens is 486 g/mol. The van der Waals surface area contributed by atoms with E-state index in [1.807, 2.05) is 30.3 Å². The van der Waals surface area contributed by atoms with E-state index in [1.165, 1.54) is 12.0 Å². The average molecular weight is 530 g/mol. The number of terminal acetylenes is 1. The molecule has 4 atom stereocenters. The Hall–Kier alpha value is -2.44. The summed E-state index contributed by atoms with van der Waals surface area (Å²) in [7, 11) is -0.619. The fraction of sp³-hybridized carbons (Fsp3) is 0.586. The molecule has 1 saturated heterocycles. The zero-order valence-corrected chi connectivity index (χ0v) is 24.2. The molecule has 1 aromatic rings. The molecule has 37 heavy (non-hydrogen) atoms. The molecule has 7 nitrogen and oxygen atoms in total. The summed E-state index contributed by atoms with van der Waals surface area (Å²) in [5.41, 5.74) is 1.02. The Morgan fingerprint density at radius 1 is 1.32 bits per heavy atom. The van der Waals surface area contributed by atoms with Crippen LogP contribution in [-0.2, 0) is 29.9 Å². The van der Waals surface area contributed by atoms with Gasteiger partial charge in [0.2, 0.25) is 5.91 Å². The van der Waals surface area contributed by atoms with E-state index in [0.717, 1.165) is 5.56 Å². The van der Waals surface area contributed by atoms with Crippen molar-refractivity contribution < 1.29 is 28.2 Å². The van der Waals surface area contributed by atoms with Crippen LogP contribution in [0.5, 0.6) is 0 Å². The number of cyclic esters (lactones) is 1. The minimum absolute atomic E-state index is 0.00759. The smallest absolute Gasteiger partial charge is 0.416 e. The number of nitrogens with zero attached hydrogens (tertiary/aromatic N) is 1. The van der Waals surface area contributed by atoms with Crippen LogP contribution in [0, 0.1) is 18.3 Å². The standard InChI is InChI=1S/C29H43NO6Si/c1-9-14-24(36-37(7,8)29(3,4)5)19-26(35-21-33-6)25(15-10-2)27(31)30-23(20-34-28(30)32)18-22-16-12-11-13-17-22/h1,10-13,16-17,23-26H,2,14-15,18-21H2,3-8H3/t23-,24+,25-,26+/m0/s1. The van der Waals surface area contributed by atoms with Crippen LogP contribution in [0.4, 0.5) is 4.79 Å². The Kier molecular flexibility index (Phi) is 11.6. The van der Waals surface area contributed by atoms with Gasteiger partial charge in [-0.3, -0.25) is 4.79 Å². The van der Waals surface area contributed by atoms with Gasteiger partial charge in [-0.25, -0.2) is 9.69 Å². The molecule has 204 valence electrons. The molecule has 1 aromatic carbocycles. The fourth-order valence-corrected chi connectivity index (χ4v) is 5.56. The van der Waals surface area contributed by atoms with Gasteiger partial charge in [-0.2, -0.15) is 0 Å². The Bertz CT molecular complexity index is 936. The summed E-state index contributed by atoms with van der Waals surface area (Å²) in [4.78, 5) is 27.9. The molecule has 0 N–H and O–H groups in total. The minimum Gasteiger partial charge on any atom is -0.447 e. The number of carbonyl (C=O) groups excluding carboxylic acids is 2. The van der Waals surface area contributed by atoms with Crippen molar-refractivity contribution in [3.63, 3.8) is 0 Å². The number of imide groups is 1. The Morgan fingerprint density at radius 2 is 2.00 bits per heavy atom. The zero-order chi connectivity index (χ0) is 27.6. The third-order valence-corrected chi connectivity index (χ3v) is 11.7. The number of hydrogen-bond donors (Lipinski definition) is 0. The van der Waals surface area contributed by atoms with Crippen molar-refractivity contribution in [2.24, 2.45) is 5.92 Å². The summed E-state index contributed by atoms with van der Waals surface area (Å²) in [6.45, 7) is 14.8. The van der Waals surface area contributed by atoms with Gasteiger partial charge in [0.25, 0.3) is 0 Å². The lowest BCUT2D eigenvalue weighted by Crippen LogP contribution is -2.49. The van der Waals surface area contributed by atoms with Crippen molar-refractivity contribution in [1.29, 1.82) is 0 Å². The van der Waals surface area contributed by atoms with E-state index >= 15 is 0 Å². The first-order valence-electron chi connectivity index (χ1n) is 12.8. The van der Waals surface area contributed by atoms with Crippen LogP contribution < -0.4 is 0 Å². The normalized spacial score (nSPS) is 18.6. The summed E-state index contributed by atoms with van der Waals surface area (Å²) in [5, 5.41) is -0.0109. The number of methoxy groups -OCH3 is 1. The maximum Gasteiger partial charge on any atom is 0.416 e. The highest BCUT2D eigenvalue weighted by Crippen LogP contribution is 2.38. The van der Waals surface area contributed by atoms with Gasteiger partial charge >= 0.3 is 6.09 Å². The second-order valence-electron chi connectivity index (χ2n) is 11.0. The van der Waals surface area contributed by atoms with Gasteiger partial charge in [0.1, 0.15) is 13.4 Å². The number of benzene rings is 1. The van der Waals surface area contributed by atoms with E-state index in [-0.39, 0.29) is 30.4 Å². The monoisotopic (exact) mass is 529 g/mol. The quantitative estimate of drug-likeness (QED) is 0.136. The molecule has 1 fully saturated rings. The third-order valence-electron chi connectivity index (χ3n) is 7.21. The van der Waals surface area contributed by atoms with Crippen LogP contribution in [-0.4, -0.2) is 64.0 Å². The SMILES string of the molecule is C#CC[C@H](C[C@@H](OCOC)[C@H](CC=C)C(=O)N1C(=O)OC[C@@H]1Cc1ccccc1)O[Si](C)(C)C(C)(C)C. The molecule has 0 unspecified atom stereocenters. The first-order valence-corrected chi connectivity index (χ1v) is 15.7. The Balaban J connectivity index is 2.33. The van der Waals surface area contributed by atoms with Gasteiger partial charge in [0, 0.05) is 20.0 Å². The van der Waals surface area contributed by atoms with Crippen LogP contribution in [0.1, 0.15) is 45.6 Å². The molecule has 8 heteroatoms. The molecule has 1 heterocycles. The van der Waals surface area contributed by atoms with Crippen molar-refractivity contribution in [2.45, 2.75) is 82.8 Å². The lowest BCUT2D eigenvalue weighted by atomic mass is 9.91. The van der Waals surface area contributed by atoms with Crippen LogP contribution >= 0.6 is 0 Å². The van der Waals surface area contributed by atoms with E-state index in [2.05, 4.69) is 46.4 Å². The van der Waals surface area contributed by atoms with Crippen molar-refractivity contribution in [2.75, 3.05) is 20.5 Å². The third kappa shape index (κ3) is 8.54. The second kappa shape index (κ2) is 13.9. The van der Waals surface area contributed by atoms with E-state index in [4.69, 9.17) is 25.1 Å². The average Bonchev–Trinajstić information content (AvgIpc) is 3.19. The lowest BCUT2D eigenvalue weighted by Gasteiger charge is -2.40. The first kappa shape index (κ1) is 30.8. The molecular formula is C29H43NO6Si. The number of hydrogen-bond acceptors (Lipinski definition) is 6. The summed E-state index contributed by atoms with van der Waals surface area (Å²) < 4.78 is 23.2. The van der Waals surface area contributed by atoms with Gasteiger partial charge in [-0.05, 0) is 36.5 Å². The van der Waals surface area contributed by atoms with Crippen LogP contribution in [0.25, 0.3) is 0 Å². The van der Waals surface area contributed by atoms with E-state index in [9.17, 15) is 9.59 Å². The molecule has 1 aliphatic heterocycles. The molecule has 0 aromatic heterocycles. The molecule has 0 saturated carbocycles. The number of amides is 2. The summed E-state index contributed by atoms with van der Waals surface area (Å²) in [6.07, 6.45) is 7.43. The highest BCUT2D eigenvalue weighted by Gasteiger charge is 2.44. The number of rotatable bonds is 14. The number of allylic oxidation sites excluding steroid dienone is 1. The first-order chi connectivity index (χ1) is 17.4. The largest absolute Gasteiger partial charge is 0.447 e.